The number of nitrogens with zero attached hydrogens (tertiary/aromatic N) is 3. The Bertz CT molecular complexity index is 3010. The van der Waals surface area contributed by atoms with Gasteiger partial charge in [0.25, 0.3) is 11.8 Å². The third kappa shape index (κ3) is 11.8. The highest BCUT2D eigenvalue weighted by molar-refractivity contribution is 7.86. The predicted molar refractivity (Wildman–Crippen MR) is 236 cm³/mol. The van der Waals surface area contributed by atoms with Crippen LogP contribution >= 0.6 is 0 Å². The Balaban J connectivity index is 1.44. The number of benzene rings is 2. The Morgan fingerprint density at radius 3 is 1.97 bits per heavy atom. The monoisotopic (exact) mass is 1010 g/mol. The van der Waals surface area contributed by atoms with E-state index in [1.165, 1.54) is 24.3 Å². The molecule has 3 heterocycles. The second-order valence-electron chi connectivity index (χ2n) is 17.5. The van der Waals surface area contributed by atoms with Gasteiger partial charge >= 0.3 is 5.97 Å². The van der Waals surface area contributed by atoms with Crippen LogP contribution in [-0.2, 0) is 70.5 Å². The van der Waals surface area contributed by atoms with Crippen molar-refractivity contribution in [1.82, 2.24) is 10.4 Å². The molecule has 2 aromatic carbocycles. The summed E-state index contributed by atoms with van der Waals surface area (Å²) < 4.78 is 144. The fourth-order valence-electron chi connectivity index (χ4n) is 8.84. The number of allylic oxidation sites excluding steroid dienone is 7. The molecule has 24 heteroatoms. The van der Waals surface area contributed by atoms with Gasteiger partial charge in [0.1, 0.15) is 26.8 Å². The van der Waals surface area contributed by atoms with Crippen LogP contribution in [0.3, 0.4) is 0 Å². The number of hydrogen-bond acceptors (Lipinski definition) is 18. The van der Waals surface area contributed by atoms with Crippen molar-refractivity contribution in [3.63, 3.8) is 0 Å². The number of hydrogen-bond donors (Lipinski definition) is 1. The first kappa shape index (κ1) is 51.3. The van der Waals surface area contributed by atoms with Gasteiger partial charge in [-0.05, 0) is 92.6 Å². The zero-order valence-corrected chi connectivity index (χ0v) is 40.2. The summed E-state index contributed by atoms with van der Waals surface area (Å²) in [5, 5.41) is 3.74. The molecule has 0 saturated carbocycles. The van der Waals surface area contributed by atoms with E-state index in [0.29, 0.717) is 75.1 Å². The van der Waals surface area contributed by atoms with Crippen LogP contribution in [0.25, 0.3) is 0 Å². The summed E-state index contributed by atoms with van der Waals surface area (Å²) in [6, 6.07) is 7.74. The van der Waals surface area contributed by atoms with Gasteiger partial charge in [-0.2, -0.15) is 4.58 Å². The number of anilines is 1. The van der Waals surface area contributed by atoms with Crippen molar-refractivity contribution in [1.29, 1.82) is 0 Å². The standard InChI is InChI=1S/C43H52N4O16S4/c1-42(2)32-26-30(66(57,58)59)12-14-34(32)45(22-6-24-64(51,52)53)36(42)16-10-28-8-5-9-29(41(28)44-21-20-40(50)63-47-38(48)18-19-39(47)49)11-17-37-43(3,4)33-27-31(67(60,61)62)13-15-35(33)46(37)23-7-25-65(54,55)56/h10-17,26-27H,5-9,18-25H2,1-4H3,(H4,51,52,53,54,55,56,57,58,59,60,61,62)/p-3/b28-10+,36-16-. The minimum atomic E-state index is -4.86. The molecule has 1 saturated heterocycles. The highest BCUT2D eigenvalue weighted by Gasteiger charge is 2.45. The van der Waals surface area contributed by atoms with Gasteiger partial charge in [0, 0.05) is 84.1 Å². The molecule has 1 fully saturated rings. The predicted octanol–water partition coefficient (Wildman–Crippen LogP) is 2.93. The second kappa shape index (κ2) is 19.1. The Morgan fingerprint density at radius 2 is 1.36 bits per heavy atom. The summed E-state index contributed by atoms with van der Waals surface area (Å²) in [7, 11) is -18.9. The maximum absolute atomic E-state index is 12.9. The van der Waals surface area contributed by atoms with Gasteiger partial charge in [0.2, 0.25) is 5.69 Å². The summed E-state index contributed by atoms with van der Waals surface area (Å²) in [6.45, 7) is 7.18. The van der Waals surface area contributed by atoms with Crippen molar-refractivity contribution in [2.45, 2.75) is 99.7 Å². The van der Waals surface area contributed by atoms with Crippen LogP contribution in [-0.4, -0.2) is 116 Å². The van der Waals surface area contributed by atoms with Crippen molar-refractivity contribution in [2.24, 2.45) is 0 Å². The van der Waals surface area contributed by atoms with E-state index in [2.05, 4.69) is 5.32 Å². The molecule has 364 valence electrons. The molecule has 1 N–H and O–H groups in total. The average molecular weight is 1010 g/mol. The van der Waals surface area contributed by atoms with Crippen LogP contribution in [0.5, 0.6) is 0 Å². The molecule has 0 unspecified atom stereocenters. The fraction of sp³-hybridized carbons (Fsp3) is 0.442. The minimum absolute atomic E-state index is 0.0335. The molecule has 0 atom stereocenters. The van der Waals surface area contributed by atoms with Crippen LogP contribution in [0.15, 0.2) is 93.0 Å². The van der Waals surface area contributed by atoms with Gasteiger partial charge in [0.15, 0.2) is 5.71 Å². The van der Waals surface area contributed by atoms with Crippen LogP contribution < -0.4 is 10.2 Å². The van der Waals surface area contributed by atoms with E-state index >= 15 is 0 Å². The van der Waals surface area contributed by atoms with Gasteiger partial charge in [-0.25, -0.2) is 38.5 Å². The number of imide groups is 1. The number of amides is 2. The van der Waals surface area contributed by atoms with E-state index in [0.717, 1.165) is 12.1 Å². The summed E-state index contributed by atoms with van der Waals surface area (Å²) >= 11 is 0. The molecular formula is C43H49N4O16S4-3. The molecule has 6 rings (SSSR count). The Hall–Kier alpha value is -5.08. The molecule has 0 radical (unpaired) electrons. The summed E-state index contributed by atoms with van der Waals surface area (Å²) in [5.74, 6) is -3.52. The third-order valence-corrected chi connectivity index (χ3v) is 15.3. The topological polar surface area (TPSA) is 311 Å². The lowest BCUT2D eigenvalue weighted by Crippen LogP contribution is -2.33. The largest absolute Gasteiger partial charge is 0.748 e. The molecule has 4 aliphatic rings. The van der Waals surface area contributed by atoms with Gasteiger partial charge in [-0.15, -0.1) is 5.06 Å². The highest BCUT2D eigenvalue weighted by Crippen LogP contribution is 2.49. The van der Waals surface area contributed by atoms with Crippen molar-refractivity contribution >= 4 is 75.3 Å². The smallest absolute Gasteiger partial charge is 0.334 e. The SMILES string of the molecule is CC1(C)C(/C=C/C2=C(NCCC(=O)ON3C(=O)CCC3=O)C(=C/C=C3\N(CCCS(=O)(=O)[O-])c4ccc(S(=O)(=O)[O-])cc4C3(C)C)/CCC2)=[N+](CCCS(=O)(=O)[O-])c2ccc(S(=O)(=O)[O-])cc21. The first-order valence-corrected chi connectivity index (χ1v) is 27.1. The zero-order valence-electron chi connectivity index (χ0n) is 37.0. The van der Waals surface area contributed by atoms with Crippen molar-refractivity contribution in [3.05, 3.63) is 94.4 Å². The van der Waals surface area contributed by atoms with Crippen LogP contribution in [0, 0.1) is 0 Å². The first-order valence-electron chi connectivity index (χ1n) is 21.1. The summed E-state index contributed by atoms with van der Waals surface area (Å²) in [4.78, 5) is 43.0. The van der Waals surface area contributed by atoms with Gasteiger partial charge < -0.3 is 33.3 Å². The Labute approximate surface area is 389 Å². The second-order valence-corrected chi connectivity index (χ2v) is 23.3. The van der Waals surface area contributed by atoms with Crippen molar-refractivity contribution in [3.8, 4) is 0 Å². The number of nitrogens with one attached hydrogen (secondary N) is 1. The van der Waals surface area contributed by atoms with E-state index in [-0.39, 0.29) is 51.7 Å². The van der Waals surface area contributed by atoms with E-state index in [1.807, 2.05) is 0 Å². The minimum Gasteiger partial charge on any atom is -0.748 e. The van der Waals surface area contributed by atoms with Crippen molar-refractivity contribution < 1.29 is 75.7 Å². The lowest BCUT2D eigenvalue weighted by molar-refractivity contribution is -0.437. The lowest BCUT2D eigenvalue weighted by atomic mass is 9.81. The zero-order chi connectivity index (χ0) is 49.5. The number of hydroxylamine groups is 2. The molecule has 2 amide bonds. The maximum atomic E-state index is 12.9. The Morgan fingerprint density at radius 1 is 0.761 bits per heavy atom. The van der Waals surface area contributed by atoms with Gasteiger partial charge in [-0.1, -0.05) is 26.0 Å². The fourth-order valence-corrected chi connectivity index (χ4v) is 10.8. The van der Waals surface area contributed by atoms with E-state index in [1.54, 1.807) is 61.5 Å². The van der Waals surface area contributed by atoms with Crippen molar-refractivity contribution in [2.75, 3.05) is 36.0 Å². The normalized spacial score (nSPS) is 19.9. The lowest BCUT2D eigenvalue weighted by Gasteiger charge is -2.28. The van der Waals surface area contributed by atoms with E-state index < -0.39 is 90.4 Å². The summed E-state index contributed by atoms with van der Waals surface area (Å²) in [6.07, 6.45) is 8.00. The number of rotatable bonds is 18. The first-order chi connectivity index (χ1) is 31.0. The Kier molecular flexibility index (Phi) is 14.7. The van der Waals surface area contributed by atoms with Crippen LogP contribution in [0.4, 0.5) is 11.4 Å². The molecule has 20 nitrogen and oxygen atoms in total. The average Bonchev–Trinajstić information content (AvgIpc) is 3.72. The highest BCUT2D eigenvalue weighted by atomic mass is 32.2. The molecule has 3 aliphatic heterocycles. The number of fused-ring (bicyclic) bond motifs is 2. The number of carbonyl (C=O) groups excluding carboxylic acids is 3. The number of carbonyl (C=O) groups is 3. The molecule has 1 aliphatic carbocycles. The summed E-state index contributed by atoms with van der Waals surface area (Å²) in [5.41, 5.74) is 3.08. The third-order valence-electron chi connectivity index (χ3n) is 12.1. The quantitative estimate of drug-likeness (QED) is 0.127. The van der Waals surface area contributed by atoms with Crippen LogP contribution in [0.2, 0.25) is 0 Å². The van der Waals surface area contributed by atoms with Crippen LogP contribution in [0.1, 0.15) is 90.2 Å². The van der Waals surface area contributed by atoms with E-state index in [4.69, 9.17) is 4.84 Å². The molecule has 0 aromatic heterocycles. The molecule has 2 aromatic rings. The molecule has 0 spiro atoms. The van der Waals surface area contributed by atoms with E-state index in [9.17, 15) is 66.3 Å². The molecule has 67 heavy (non-hydrogen) atoms. The van der Waals surface area contributed by atoms with Gasteiger partial charge in [0.05, 0.1) is 41.9 Å². The molecule has 0 bridgehead atoms. The van der Waals surface area contributed by atoms with Gasteiger partial charge in [-0.3, -0.25) is 9.59 Å². The molecular weight excluding hydrogens is 957 g/mol. The maximum Gasteiger partial charge on any atom is 0.334 e.